The van der Waals surface area contributed by atoms with Gasteiger partial charge in [-0.25, -0.2) is 4.39 Å². The number of hydrogen-bond acceptors (Lipinski definition) is 2. The number of carbonyl (C=O) groups is 1. The van der Waals surface area contributed by atoms with Gasteiger partial charge in [-0.1, -0.05) is 15.9 Å². The molecule has 1 aromatic carbocycles. The lowest BCUT2D eigenvalue weighted by molar-refractivity contribution is 0.0600. The summed E-state index contributed by atoms with van der Waals surface area (Å²) in [5, 5.41) is 0. The molecule has 1 heterocycles. The minimum absolute atomic E-state index is 0.109. The molecule has 1 fully saturated rings. The minimum atomic E-state index is -0.448. The summed E-state index contributed by atoms with van der Waals surface area (Å²) < 4.78 is 19.5. The van der Waals surface area contributed by atoms with Crippen molar-refractivity contribution in [1.82, 2.24) is 0 Å². The Bertz CT molecular complexity index is 414. The van der Waals surface area contributed by atoms with E-state index in [0.29, 0.717) is 30.0 Å². The fourth-order valence-corrected chi connectivity index (χ4v) is 2.37. The van der Waals surface area contributed by atoms with Crippen LogP contribution in [0, 0.1) is 11.7 Å². The Morgan fingerprint density at radius 3 is 2.76 bits per heavy atom. The molecule has 17 heavy (non-hydrogen) atoms. The maximum Gasteiger partial charge on any atom is 0.166 e. The summed E-state index contributed by atoms with van der Waals surface area (Å²) in [6.07, 6.45) is 2.20. The van der Waals surface area contributed by atoms with E-state index < -0.39 is 5.82 Å². The molecule has 4 heteroatoms. The number of halogens is 2. The highest BCUT2D eigenvalue weighted by molar-refractivity contribution is 9.10. The Kier molecular flexibility index (Phi) is 4.29. The molecule has 0 aliphatic carbocycles. The van der Waals surface area contributed by atoms with Crippen LogP contribution in [0.15, 0.2) is 22.7 Å². The van der Waals surface area contributed by atoms with E-state index in [0.717, 1.165) is 12.8 Å². The van der Waals surface area contributed by atoms with E-state index in [1.165, 1.54) is 6.07 Å². The zero-order chi connectivity index (χ0) is 12.3. The van der Waals surface area contributed by atoms with Crippen LogP contribution < -0.4 is 0 Å². The highest BCUT2D eigenvalue weighted by Gasteiger charge is 2.20. The summed E-state index contributed by atoms with van der Waals surface area (Å²) in [4.78, 5) is 11.9. The zero-order valence-electron chi connectivity index (χ0n) is 9.42. The van der Waals surface area contributed by atoms with E-state index in [1.807, 2.05) is 0 Å². The maximum absolute atomic E-state index is 13.6. The Balaban J connectivity index is 2.03. The lowest BCUT2D eigenvalue weighted by atomic mass is 9.92. The predicted octanol–water partition coefficient (Wildman–Crippen LogP) is 3.59. The largest absolute Gasteiger partial charge is 0.381 e. The van der Waals surface area contributed by atoms with Crippen LogP contribution in [0.5, 0.6) is 0 Å². The SMILES string of the molecule is O=C(CC1CCOCC1)c1ccc(Br)cc1F. The number of ketones is 1. The minimum Gasteiger partial charge on any atom is -0.381 e. The van der Waals surface area contributed by atoms with Crippen LogP contribution in [0.1, 0.15) is 29.6 Å². The molecule has 0 radical (unpaired) electrons. The molecule has 1 aliphatic rings. The Hall–Kier alpha value is -0.740. The summed E-state index contributed by atoms with van der Waals surface area (Å²) in [5.41, 5.74) is 0.194. The molecule has 0 atom stereocenters. The van der Waals surface area contributed by atoms with Gasteiger partial charge in [0.25, 0.3) is 0 Å². The second-order valence-electron chi connectivity index (χ2n) is 4.31. The van der Waals surface area contributed by atoms with Crippen molar-refractivity contribution < 1.29 is 13.9 Å². The smallest absolute Gasteiger partial charge is 0.166 e. The lowest BCUT2D eigenvalue weighted by Gasteiger charge is -2.21. The lowest BCUT2D eigenvalue weighted by Crippen LogP contribution is -2.19. The van der Waals surface area contributed by atoms with Crippen LogP contribution in [0.2, 0.25) is 0 Å². The first-order valence-corrected chi connectivity index (χ1v) is 6.52. The Morgan fingerprint density at radius 2 is 2.12 bits per heavy atom. The first-order valence-electron chi connectivity index (χ1n) is 5.73. The molecule has 1 saturated heterocycles. The summed E-state index contributed by atoms with van der Waals surface area (Å²) >= 11 is 3.18. The molecule has 0 amide bonds. The monoisotopic (exact) mass is 300 g/mol. The van der Waals surface area contributed by atoms with E-state index in [-0.39, 0.29) is 11.3 Å². The fourth-order valence-electron chi connectivity index (χ4n) is 2.04. The average molecular weight is 301 g/mol. The van der Waals surface area contributed by atoms with Crippen LogP contribution >= 0.6 is 15.9 Å². The molecule has 0 spiro atoms. The first kappa shape index (κ1) is 12.7. The van der Waals surface area contributed by atoms with Gasteiger partial charge in [0.15, 0.2) is 5.78 Å². The standard InChI is InChI=1S/C13H14BrFO2/c14-10-1-2-11(12(15)8-10)13(16)7-9-3-5-17-6-4-9/h1-2,8-9H,3-7H2. The molecular formula is C13H14BrFO2. The number of ether oxygens (including phenoxy) is 1. The van der Waals surface area contributed by atoms with Gasteiger partial charge in [0, 0.05) is 24.1 Å². The fraction of sp³-hybridized carbons (Fsp3) is 0.462. The third-order valence-corrected chi connectivity index (χ3v) is 3.54. The predicted molar refractivity (Wildman–Crippen MR) is 66.6 cm³/mol. The van der Waals surface area contributed by atoms with Gasteiger partial charge >= 0.3 is 0 Å². The van der Waals surface area contributed by atoms with Crippen molar-refractivity contribution in [1.29, 1.82) is 0 Å². The van der Waals surface area contributed by atoms with Crippen LogP contribution in [0.4, 0.5) is 4.39 Å². The maximum atomic E-state index is 13.6. The van der Waals surface area contributed by atoms with Crippen molar-refractivity contribution in [2.24, 2.45) is 5.92 Å². The first-order chi connectivity index (χ1) is 8.16. The van der Waals surface area contributed by atoms with Gasteiger partial charge in [-0.3, -0.25) is 4.79 Å². The molecule has 2 rings (SSSR count). The van der Waals surface area contributed by atoms with Crippen molar-refractivity contribution >= 4 is 21.7 Å². The van der Waals surface area contributed by atoms with E-state index >= 15 is 0 Å². The van der Waals surface area contributed by atoms with Gasteiger partial charge in [-0.15, -0.1) is 0 Å². The normalized spacial score (nSPS) is 17.1. The van der Waals surface area contributed by atoms with Gasteiger partial charge in [0.2, 0.25) is 0 Å². The van der Waals surface area contributed by atoms with E-state index in [2.05, 4.69) is 15.9 Å². The van der Waals surface area contributed by atoms with Crippen molar-refractivity contribution in [3.05, 3.63) is 34.1 Å². The van der Waals surface area contributed by atoms with Crippen molar-refractivity contribution in [2.75, 3.05) is 13.2 Å². The van der Waals surface area contributed by atoms with Crippen LogP contribution in [-0.4, -0.2) is 19.0 Å². The molecular weight excluding hydrogens is 287 g/mol. The van der Waals surface area contributed by atoms with E-state index in [1.54, 1.807) is 12.1 Å². The second-order valence-corrected chi connectivity index (χ2v) is 5.22. The Morgan fingerprint density at radius 1 is 1.41 bits per heavy atom. The zero-order valence-corrected chi connectivity index (χ0v) is 11.0. The highest BCUT2D eigenvalue weighted by atomic mass is 79.9. The number of rotatable bonds is 3. The molecule has 92 valence electrons. The van der Waals surface area contributed by atoms with Crippen LogP contribution in [0.25, 0.3) is 0 Å². The van der Waals surface area contributed by atoms with Crippen LogP contribution in [-0.2, 0) is 4.74 Å². The quantitative estimate of drug-likeness (QED) is 0.798. The average Bonchev–Trinajstić information content (AvgIpc) is 2.30. The van der Waals surface area contributed by atoms with E-state index in [9.17, 15) is 9.18 Å². The van der Waals surface area contributed by atoms with Gasteiger partial charge in [-0.2, -0.15) is 0 Å². The van der Waals surface area contributed by atoms with Crippen molar-refractivity contribution in [3.63, 3.8) is 0 Å². The third-order valence-electron chi connectivity index (χ3n) is 3.05. The summed E-state index contributed by atoms with van der Waals surface area (Å²) in [6.45, 7) is 1.42. The summed E-state index contributed by atoms with van der Waals surface area (Å²) in [7, 11) is 0. The van der Waals surface area contributed by atoms with E-state index in [4.69, 9.17) is 4.74 Å². The van der Waals surface area contributed by atoms with Gasteiger partial charge in [0.05, 0.1) is 5.56 Å². The molecule has 1 aliphatic heterocycles. The number of carbonyl (C=O) groups excluding carboxylic acids is 1. The topological polar surface area (TPSA) is 26.3 Å². The molecule has 0 aromatic heterocycles. The number of benzene rings is 1. The Labute approximate surface area is 108 Å². The van der Waals surface area contributed by atoms with Crippen molar-refractivity contribution in [2.45, 2.75) is 19.3 Å². The van der Waals surface area contributed by atoms with Gasteiger partial charge in [-0.05, 0) is 37.0 Å². The molecule has 2 nitrogen and oxygen atoms in total. The van der Waals surface area contributed by atoms with Crippen LogP contribution in [0.3, 0.4) is 0 Å². The third kappa shape index (κ3) is 3.36. The summed E-state index contributed by atoms with van der Waals surface area (Å²) in [6, 6.07) is 4.57. The molecule has 0 unspecified atom stereocenters. The van der Waals surface area contributed by atoms with Gasteiger partial charge in [0.1, 0.15) is 5.82 Å². The molecule has 1 aromatic rings. The van der Waals surface area contributed by atoms with Crippen molar-refractivity contribution in [3.8, 4) is 0 Å². The second kappa shape index (κ2) is 5.74. The number of Topliss-reactive ketones (excluding diaryl/α,β-unsaturated/α-hetero) is 1. The molecule has 0 bridgehead atoms. The molecule has 0 N–H and O–H groups in total. The highest BCUT2D eigenvalue weighted by Crippen LogP contribution is 2.23. The molecule has 0 saturated carbocycles. The number of hydrogen-bond donors (Lipinski definition) is 0. The summed E-state index contributed by atoms with van der Waals surface area (Å²) in [5.74, 6) is -0.224. The van der Waals surface area contributed by atoms with Gasteiger partial charge < -0.3 is 4.74 Å².